The van der Waals surface area contributed by atoms with Crippen molar-refractivity contribution in [1.29, 1.82) is 0 Å². The molecule has 1 fully saturated rings. The molecular formula is C23H25N3O4. The standard InChI is InChI=1S/C23H25N3O4/c1-29-18-7-3-15(4-8-18)20-21(16-5-9-19(30-2)10-6-16)25-22(24-20)17-11-13-26(14-12-17)23(27)28/h3-10,17H,11-14H2,1-2H3,(H,24,25)(H,27,28). The number of methoxy groups -OCH3 is 2. The van der Waals surface area contributed by atoms with Crippen molar-refractivity contribution in [3.8, 4) is 34.0 Å². The number of nitrogens with one attached hydrogen (secondary N) is 1. The topological polar surface area (TPSA) is 87.7 Å². The van der Waals surface area contributed by atoms with Crippen molar-refractivity contribution < 1.29 is 19.4 Å². The number of benzene rings is 2. The Balaban J connectivity index is 1.70. The van der Waals surface area contributed by atoms with Crippen LogP contribution in [0.1, 0.15) is 24.6 Å². The molecule has 2 N–H and O–H groups in total. The van der Waals surface area contributed by atoms with E-state index in [1.165, 1.54) is 4.90 Å². The van der Waals surface area contributed by atoms with E-state index in [0.29, 0.717) is 13.1 Å². The van der Waals surface area contributed by atoms with Crippen LogP contribution < -0.4 is 9.47 Å². The third-order valence-corrected chi connectivity index (χ3v) is 5.62. The van der Waals surface area contributed by atoms with Crippen LogP contribution in [0.25, 0.3) is 22.5 Å². The van der Waals surface area contributed by atoms with Gasteiger partial charge in [-0.15, -0.1) is 0 Å². The van der Waals surface area contributed by atoms with E-state index < -0.39 is 6.09 Å². The number of carboxylic acid groups (broad SMARTS) is 1. The summed E-state index contributed by atoms with van der Waals surface area (Å²) in [5.74, 6) is 2.69. The average Bonchev–Trinajstić information content (AvgIpc) is 3.24. The van der Waals surface area contributed by atoms with Crippen LogP contribution in [0.4, 0.5) is 4.79 Å². The van der Waals surface area contributed by atoms with Crippen LogP contribution in [0.5, 0.6) is 11.5 Å². The Kier molecular flexibility index (Phi) is 5.61. The summed E-state index contributed by atoms with van der Waals surface area (Å²) < 4.78 is 10.6. The first-order chi connectivity index (χ1) is 14.6. The van der Waals surface area contributed by atoms with Gasteiger partial charge in [-0.2, -0.15) is 0 Å². The van der Waals surface area contributed by atoms with Gasteiger partial charge >= 0.3 is 6.09 Å². The summed E-state index contributed by atoms with van der Waals surface area (Å²) in [6.07, 6.45) is 0.652. The van der Waals surface area contributed by atoms with Crippen LogP contribution >= 0.6 is 0 Å². The van der Waals surface area contributed by atoms with E-state index in [-0.39, 0.29) is 5.92 Å². The highest BCUT2D eigenvalue weighted by molar-refractivity contribution is 5.79. The fraction of sp³-hybridized carbons (Fsp3) is 0.304. The maximum Gasteiger partial charge on any atom is 0.407 e. The molecular weight excluding hydrogens is 382 g/mol. The summed E-state index contributed by atoms with van der Waals surface area (Å²) in [6.45, 7) is 1.05. The number of rotatable bonds is 5. The number of H-pyrrole nitrogens is 1. The minimum absolute atomic E-state index is 0.199. The monoisotopic (exact) mass is 407 g/mol. The van der Waals surface area contributed by atoms with Crippen molar-refractivity contribution >= 4 is 6.09 Å². The number of likely N-dealkylation sites (tertiary alicyclic amines) is 1. The van der Waals surface area contributed by atoms with Crippen molar-refractivity contribution in [2.24, 2.45) is 0 Å². The molecule has 0 bridgehead atoms. The normalized spacial score (nSPS) is 14.5. The van der Waals surface area contributed by atoms with Crippen molar-refractivity contribution in [1.82, 2.24) is 14.9 Å². The molecule has 0 radical (unpaired) electrons. The van der Waals surface area contributed by atoms with Gasteiger partial charge in [-0.05, 0) is 61.4 Å². The van der Waals surface area contributed by atoms with Crippen LogP contribution in [0, 0.1) is 0 Å². The lowest BCUT2D eigenvalue weighted by Gasteiger charge is -2.28. The molecule has 0 spiro atoms. The predicted molar refractivity (Wildman–Crippen MR) is 114 cm³/mol. The molecule has 1 aliphatic heterocycles. The van der Waals surface area contributed by atoms with Crippen LogP contribution in [-0.4, -0.2) is 53.4 Å². The highest BCUT2D eigenvalue weighted by atomic mass is 16.5. The maximum absolute atomic E-state index is 11.2. The fourth-order valence-electron chi connectivity index (χ4n) is 3.85. The molecule has 2 aromatic carbocycles. The number of nitrogens with zero attached hydrogens (tertiary/aromatic N) is 2. The number of aromatic nitrogens is 2. The second-order valence-electron chi connectivity index (χ2n) is 7.35. The van der Waals surface area contributed by atoms with Crippen molar-refractivity contribution in [3.05, 3.63) is 54.4 Å². The number of piperidine rings is 1. The van der Waals surface area contributed by atoms with Gasteiger partial charge in [0.2, 0.25) is 0 Å². The molecule has 1 aromatic heterocycles. The zero-order valence-electron chi connectivity index (χ0n) is 17.1. The molecule has 3 aromatic rings. The lowest BCUT2D eigenvalue weighted by Crippen LogP contribution is -2.37. The zero-order valence-corrected chi connectivity index (χ0v) is 17.1. The molecule has 1 saturated heterocycles. The van der Waals surface area contributed by atoms with Gasteiger partial charge in [0.1, 0.15) is 17.3 Å². The number of ether oxygens (including phenoxy) is 2. The number of hydrogen-bond acceptors (Lipinski definition) is 4. The summed E-state index contributed by atoms with van der Waals surface area (Å²) in [5, 5.41) is 9.21. The molecule has 2 heterocycles. The van der Waals surface area contributed by atoms with Gasteiger partial charge in [-0.25, -0.2) is 9.78 Å². The quantitative estimate of drug-likeness (QED) is 0.644. The summed E-state index contributed by atoms with van der Waals surface area (Å²) in [6, 6.07) is 15.7. The fourth-order valence-corrected chi connectivity index (χ4v) is 3.85. The van der Waals surface area contributed by atoms with Gasteiger partial charge in [-0.3, -0.25) is 0 Å². The Labute approximate surface area is 175 Å². The molecule has 156 valence electrons. The van der Waals surface area contributed by atoms with Gasteiger partial charge in [0.15, 0.2) is 0 Å². The largest absolute Gasteiger partial charge is 0.497 e. The maximum atomic E-state index is 11.2. The molecule has 1 aliphatic rings. The first-order valence-corrected chi connectivity index (χ1v) is 9.95. The van der Waals surface area contributed by atoms with Crippen molar-refractivity contribution in [3.63, 3.8) is 0 Å². The lowest BCUT2D eigenvalue weighted by atomic mass is 9.96. The van der Waals surface area contributed by atoms with E-state index in [0.717, 1.165) is 52.7 Å². The molecule has 0 saturated carbocycles. The number of amides is 1. The van der Waals surface area contributed by atoms with Crippen LogP contribution in [-0.2, 0) is 0 Å². The molecule has 30 heavy (non-hydrogen) atoms. The third kappa shape index (κ3) is 3.96. The number of aromatic amines is 1. The zero-order chi connectivity index (χ0) is 21.1. The van der Waals surface area contributed by atoms with E-state index in [4.69, 9.17) is 14.5 Å². The number of carbonyl (C=O) groups is 1. The van der Waals surface area contributed by atoms with Crippen LogP contribution in [0.2, 0.25) is 0 Å². The smallest absolute Gasteiger partial charge is 0.407 e. The summed E-state index contributed by atoms with van der Waals surface area (Å²) in [4.78, 5) is 21.2. The highest BCUT2D eigenvalue weighted by Gasteiger charge is 2.27. The molecule has 0 atom stereocenters. The van der Waals surface area contributed by atoms with Gasteiger partial charge in [0.25, 0.3) is 0 Å². The summed E-state index contributed by atoms with van der Waals surface area (Å²) in [5.41, 5.74) is 3.83. The first kappa shape index (κ1) is 19.8. The molecule has 1 amide bonds. The van der Waals surface area contributed by atoms with E-state index in [1.807, 2.05) is 48.5 Å². The molecule has 0 aliphatic carbocycles. The van der Waals surface area contributed by atoms with Crippen LogP contribution in [0.3, 0.4) is 0 Å². The Bertz CT molecular complexity index is 939. The molecule has 0 unspecified atom stereocenters. The Hall–Kier alpha value is -3.48. The second kappa shape index (κ2) is 8.49. The minimum Gasteiger partial charge on any atom is -0.497 e. The third-order valence-electron chi connectivity index (χ3n) is 5.62. The lowest BCUT2D eigenvalue weighted by molar-refractivity contribution is 0.131. The minimum atomic E-state index is -0.856. The molecule has 4 rings (SSSR count). The van der Waals surface area contributed by atoms with Gasteiger partial charge < -0.3 is 24.5 Å². The highest BCUT2D eigenvalue weighted by Crippen LogP contribution is 2.35. The SMILES string of the molecule is COc1ccc(-c2nc(C3CCN(C(=O)O)CC3)[nH]c2-c2ccc(OC)cc2)cc1. The number of imidazole rings is 1. The van der Waals surface area contributed by atoms with Gasteiger partial charge in [0, 0.05) is 30.1 Å². The summed E-state index contributed by atoms with van der Waals surface area (Å²) in [7, 11) is 3.30. The van der Waals surface area contributed by atoms with E-state index in [9.17, 15) is 9.90 Å². The molecule has 7 nitrogen and oxygen atoms in total. The van der Waals surface area contributed by atoms with Crippen molar-refractivity contribution in [2.45, 2.75) is 18.8 Å². The average molecular weight is 407 g/mol. The Morgan fingerprint density at radius 1 is 0.967 bits per heavy atom. The van der Waals surface area contributed by atoms with E-state index in [2.05, 4.69) is 4.98 Å². The van der Waals surface area contributed by atoms with Gasteiger partial charge in [-0.1, -0.05) is 0 Å². The summed E-state index contributed by atoms with van der Waals surface area (Å²) >= 11 is 0. The molecule has 7 heteroatoms. The van der Waals surface area contributed by atoms with Crippen molar-refractivity contribution in [2.75, 3.05) is 27.3 Å². The van der Waals surface area contributed by atoms with Gasteiger partial charge in [0.05, 0.1) is 25.6 Å². The Morgan fingerprint density at radius 2 is 1.50 bits per heavy atom. The first-order valence-electron chi connectivity index (χ1n) is 9.95. The predicted octanol–water partition coefficient (Wildman–Crippen LogP) is 4.62. The van der Waals surface area contributed by atoms with E-state index in [1.54, 1.807) is 14.2 Å². The van der Waals surface area contributed by atoms with Crippen LogP contribution in [0.15, 0.2) is 48.5 Å². The Morgan fingerprint density at radius 3 is 2.00 bits per heavy atom. The second-order valence-corrected chi connectivity index (χ2v) is 7.35. The number of hydrogen-bond donors (Lipinski definition) is 2. The van der Waals surface area contributed by atoms with E-state index >= 15 is 0 Å².